The van der Waals surface area contributed by atoms with E-state index >= 15 is 0 Å². The Kier molecular flexibility index (Phi) is 4.40. The molecule has 19 heavy (non-hydrogen) atoms. The number of rotatable bonds is 4. The van der Waals surface area contributed by atoms with E-state index in [4.69, 9.17) is 22.1 Å². The molecule has 1 aromatic carbocycles. The normalized spacial score (nSPS) is 12.2. The topological polar surface area (TPSA) is 48.1 Å². The Morgan fingerprint density at radius 1 is 1.26 bits per heavy atom. The molecule has 1 atom stereocenters. The van der Waals surface area contributed by atoms with E-state index in [-0.39, 0.29) is 6.04 Å². The third-order valence-corrected chi connectivity index (χ3v) is 3.37. The van der Waals surface area contributed by atoms with Crippen LogP contribution >= 0.6 is 11.6 Å². The zero-order chi connectivity index (χ0) is 13.8. The number of hydrogen-bond donors (Lipinski definition) is 1. The molecule has 2 N–H and O–H groups in total. The highest BCUT2D eigenvalue weighted by Gasteiger charge is 2.11. The molecular formula is C15H17ClN2O. The van der Waals surface area contributed by atoms with Crippen molar-refractivity contribution in [1.29, 1.82) is 0 Å². The molecule has 0 aliphatic rings. The van der Waals surface area contributed by atoms with Crippen LogP contribution in [0, 0.1) is 6.92 Å². The molecule has 2 rings (SSSR count). The predicted octanol–water partition coefficient (Wildman–Crippen LogP) is 3.49. The maximum absolute atomic E-state index is 6.26. The molecule has 2 aromatic rings. The van der Waals surface area contributed by atoms with Gasteiger partial charge >= 0.3 is 0 Å². The lowest BCUT2D eigenvalue weighted by Crippen LogP contribution is -2.12. The summed E-state index contributed by atoms with van der Waals surface area (Å²) < 4.78 is 5.44. The first-order valence-corrected chi connectivity index (χ1v) is 6.59. The van der Waals surface area contributed by atoms with Crippen LogP contribution in [-0.2, 0) is 0 Å². The Morgan fingerprint density at radius 2 is 2.05 bits per heavy atom. The van der Waals surface area contributed by atoms with Crippen LogP contribution in [0.2, 0.25) is 5.02 Å². The van der Waals surface area contributed by atoms with E-state index in [0.717, 1.165) is 27.5 Å². The number of aryl methyl sites for hydroxylation is 1. The number of nitrogens with zero attached hydrogens (tertiary/aromatic N) is 1. The number of ether oxygens (including phenoxy) is 1. The van der Waals surface area contributed by atoms with Crippen molar-refractivity contribution in [3.8, 4) is 5.75 Å². The van der Waals surface area contributed by atoms with E-state index in [1.165, 1.54) is 0 Å². The number of halogens is 1. The molecular weight excluding hydrogens is 260 g/mol. The molecule has 1 heterocycles. The Balaban J connectivity index is 2.29. The van der Waals surface area contributed by atoms with E-state index in [0.29, 0.717) is 6.61 Å². The number of benzene rings is 1. The smallest absolute Gasteiger partial charge is 0.137 e. The fourth-order valence-corrected chi connectivity index (χ4v) is 2.02. The van der Waals surface area contributed by atoms with Gasteiger partial charge in [-0.3, -0.25) is 4.98 Å². The fourth-order valence-electron chi connectivity index (χ4n) is 1.91. The maximum atomic E-state index is 6.26. The van der Waals surface area contributed by atoms with Crippen molar-refractivity contribution in [2.24, 2.45) is 5.73 Å². The number of aromatic nitrogens is 1. The number of hydrogen-bond acceptors (Lipinski definition) is 3. The van der Waals surface area contributed by atoms with Crippen LogP contribution in [0.1, 0.15) is 29.7 Å². The van der Waals surface area contributed by atoms with Gasteiger partial charge in [0.25, 0.3) is 0 Å². The van der Waals surface area contributed by atoms with Crippen molar-refractivity contribution < 1.29 is 4.74 Å². The van der Waals surface area contributed by atoms with Gasteiger partial charge in [-0.2, -0.15) is 0 Å². The minimum Gasteiger partial charge on any atom is -0.492 e. The summed E-state index contributed by atoms with van der Waals surface area (Å²) in [5, 5.41) is 0.747. The van der Waals surface area contributed by atoms with Gasteiger partial charge in [0, 0.05) is 11.2 Å². The first kappa shape index (κ1) is 13.8. The minimum atomic E-state index is -0.233. The van der Waals surface area contributed by atoms with Gasteiger partial charge in [0.1, 0.15) is 5.75 Å². The van der Waals surface area contributed by atoms with Crippen molar-refractivity contribution in [3.63, 3.8) is 0 Å². The molecule has 0 bridgehead atoms. The van der Waals surface area contributed by atoms with Crippen molar-refractivity contribution in [2.75, 3.05) is 6.61 Å². The summed E-state index contributed by atoms with van der Waals surface area (Å²) in [6, 6.07) is 7.49. The third-order valence-electron chi connectivity index (χ3n) is 2.95. The molecule has 4 heteroatoms. The average Bonchev–Trinajstić information content (AvgIpc) is 2.42. The van der Waals surface area contributed by atoms with Gasteiger partial charge in [-0.25, -0.2) is 0 Å². The molecule has 1 aromatic heterocycles. The highest BCUT2D eigenvalue weighted by atomic mass is 35.5. The van der Waals surface area contributed by atoms with Crippen molar-refractivity contribution >= 4 is 11.6 Å². The van der Waals surface area contributed by atoms with Gasteiger partial charge in [0.15, 0.2) is 0 Å². The SMILES string of the molecule is CCOc1cncc(C(N)c2ccc(Cl)c(C)c2)c1. The van der Waals surface area contributed by atoms with E-state index in [1.54, 1.807) is 12.4 Å². The van der Waals surface area contributed by atoms with E-state index in [1.807, 2.05) is 38.1 Å². The van der Waals surface area contributed by atoms with E-state index < -0.39 is 0 Å². The average molecular weight is 277 g/mol. The Morgan fingerprint density at radius 3 is 2.74 bits per heavy atom. The first-order chi connectivity index (χ1) is 9.11. The number of nitrogens with two attached hydrogens (primary N) is 1. The van der Waals surface area contributed by atoms with Crippen LogP contribution in [0.5, 0.6) is 5.75 Å². The van der Waals surface area contributed by atoms with Crippen LogP contribution < -0.4 is 10.5 Å². The van der Waals surface area contributed by atoms with E-state index in [2.05, 4.69) is 4.98 Å². The Bertz CT molecular complexity index is 572. The molecule has 0 aliphatic heterocycles. The zero-order valence-corrected chi connectivity index (χ0v) is 11.8. The monoisotopic (exact) mass is 276 g/mol. The third kappa shape index (κ3) is 3.25. The molecule has 0 radical (unpaired) electrons. The summed E-state index contributed by atoms with van der Waals surface area (Å²) in [5.41, 5.74) is 9.21. The summed E-state index contributed by atoms with van der Waals surface area (Å²) in [6.45, 7) is 4.52. The lowest BCUT2D eigenvalue weighted by atomic mass is 9.99. The van der Waals surface area contributed by atoms with Crippen LogP contribution in [0.3, 0.4) is 0 Å². The largest absolute Gasteiger partial charge is 0.492 e. The Hall–Kier alpha value is -1.58. The summed E-state index contributed by atoms with van der Waals surface area (Å²) in [6.07, 6.45) is 3.45. The zero-order valence-electron chi connectivity index (χ0n) is 11.1. The molecule has 0 amide bonds. The molecule has 3 nitrogen and oxygen atoms in total. The summed E-state index contributed by atoms with van der Waals surface area (Å²) in [5.74, 6) is 0.737. The van der Waals surface area contributed by atoms with Crippen LogP contribution in [0.25, 0.3) is 0 Å². The lowest BCUT2D eigenvalue weighted by Gasteiger charge is -2.14. The quantitative estimate of drug-likeness (QED) is 0.930. The van der Waals surface area contributed by atoms with E-state index in [9.17, 15) is 0 Å². The summed E-state index contributed by atoms with van der Waals surface area (Å²) in [4.78, 5) is 4.16. The van der Waals surface area contributed by atoms with Crippen LogP contribution in [-0.4, -0.2) is 11.6 Å². The molecule has 1 unspecified atom stereocenters. The van der Waals surface area contributed by atoms with Crippen molar-refractivity contribution in [2.45, 2.75) is 19.9 Å². The molecule has 0 spiro atoms. The van der Waals surface area contributed by atoms with Gasteiger partial charge in [-0.15, -0.1) is 0 Å². The van der Waals surface area contributed by atoms with Crippen molar-refractivity contribution in [3.05, 3.63) is 58.4 Å². The maximum Gasteiger partial charge on any atom is 0.137 e. The van der Waals surface area contributed by atoms with Gasteiger partial charge in [-0.1, -0.05) is 23.7 Å². The predicted molar refractivity (Wildman–Crippen MR) is 77.6 cm³/mol. The second-order valence-electron chi connectivity index (χ2n) is 4.37. The van der Waals surface area contributed by atoms with Crippen LogP contribution in [0.15, 0.2) is 36.7 Å². The molecule has 0 saturated heterocycles. The van der Waals surface area contributed by atoms with Crippen LogP contribution in [0.4, 0.5) is 0 Å². The van der Waals surface area contributed by atoms with Gasteiger partial charge in [-0.05, 0) is 42.7 Å². The first-order valence-electron chi connectivity index (χ1n) is 6.21. The molecule has 0 fully saturated rings. The summed E-state index contributed by atoms with van der Waals surface area (Å²) >= 11 is 6.02. The number of pyridine rings is 1. The van der Waals surface area contributed by atoms with Crippen molar-refractivity contribution in [1.82, 2.24) is 4.98 Å². The molecule has 100 valence electrons. The lowest BCUT2D eigenvalue weighted by molar-refractivity contribution is 0.338. The minimum absolute atomic E-state index is 0.233. The standard InChI is InChI=1S/C15H17ClN2O/c1-3-19-13-7-12(8-18-9-13)15(17)11-4-5-14(16)10(2)6-11/h4-9,15H,3,17H2,1-2H3. The van der Waals surface area contributed by atoms with Gasteiger partial charge in [0.2, 0.25) is 0 Å². The summed E-state index contributed by atoms with van der Waals surface area (Å²) in [7, 11) is 0. The fraction of sp³-hybridized carbons (Fsp3) is 0.267. The Labute approximate surface area is 118 Å². The highest BCUT2D eigenvalue weighted by Crippen LogP contribution is 2.25. The second-order valence-corrected chi connectivity index (χ2v) is 4.78. The second kappa shape index (κ2) is 6.04. The molecule has 0 aliphatic carbocycles. The highest BCUT2D eigenvalue weighted by molar-refractivity contribution is 6.31. The van der Waals surface area contributed by atoms with Gasteiger partial charge < -0.3 is 10.5 Å². The molecule has 0 saturated carbocycles. The van der Waals surface area contributed by atoms with Gasteiger partial charge in [0.05, 0.1) is 18.8 Å².